The Balaban J connectivity index is 2.03. The van der Waals surface area contributed by atoms with E-state index in [0.717, 1.165) is 12.2 Å². The van der Waals surface area contributed by atoms with Crippen molar-refractivity contribution in [3.8, 4) is 0 Å². The minimum Gasteiger partial charge on any atom is -0.350 e. The molecule has 20 heavy (non-hydrogen) atoms. The summed E-state index contributed by atoms with van der Waals surface area (Å²) in [6, 6.07) is 12.6. The lowest BCUT2D eigenvalue weighted by Gasteiger charge is -2.12. The normalized spacial score (nSPS) is 10.8. The molecule has 0 radical (unpaired) electrons. The first-order valence-electron chi connectivity index (χ1n) is 7.03. The van der Waals surface area contributed by atoms with Crippen molar-refractivity contribution in [2.24, 2.45) is 5.92 Å². The summed E-state index contributed by atoms with van der Waals surface area (Å²) in [6.07, 6.45) is 2.05. The van der Waals surface area contributed by atoms with Crippen LogP contribution in [-0.4, -0.2) is 10.5 Å². The highest BCUT2D eigenvalue weighted by molar-refractivity contribution is 5.77. The smallest absolute Gasteiger partial charge is 0.222 e. The summed E-state index contributed by atoms with van der Waals surface area (Å²) in [4.78, 5) is 11.6. The number of hydrogen-bond acceptors (Lipinski definition) is 1. The van der Waals surface area contributed by atoms with Crippen LogP contribution in [0.25, 0.3) is 0 Å². The SMILES string of the molecule is Cc1cccc(Cn2cccc2CNC(=O)C(C)C)c1. The van der Waals surface area contributed by atoms with Crippen molar-refractivity contribution in [1.29, 1.82) is 0 Å². The van der Waals surface area contributed by atoms with Crippen LogP contribution in [0, 0.1) is 12.8 Å². The molecule has 0 aliphatic carbocycles. The van der Waals surface area contributed by atoms with Crippen molar-refractivity contribution in [2.75, 3.05) is 0 Å². The quantitative estimate of drug-likeness (QED) is 0.890. The van der Waals surface area contributed by atoms with Gasteiger partial charge in [0.15, 0.2) is 0 Å². The molecule has 0 aliphatic rings. The van der Waals surface area contributed by atoms with Crippen LogP contribution in [0.4, 0.5) is 0 Å². The van der Waals surface area contributed by atoms with Crippen molar-refractivity contribution in [3.05, 3.63) is 59.4 Å². The van der Waals surface area contributed by atoms with E-state index in [2.05, 4.69) is 53.3 Å². The monoisotopic (exact) mass is 270 g/mol. The molecule has 0 atom stereocenters. The highest BCUT2D eigenvalue weighted by Gasteiger charge is 2.08. The van der Waals surface area contributed by atoms with E-state index < -0.39 is 0 Å². The van der Waals surface area contributed by atoms with E-state index >= 15 is 0 Å². The number of aryl methyl sites for hydroxylation is 1. The summed E-state index contributed by atoms with van der Waals surface area (Å²) in [5.74, 6) is 0.114. The average molecular weight is 270 g/mol. The number of carbonyl (C=O) groups excluding carboxylic acids is 1. The predicted molar refractivity (Wildman–Crippen MR) is 81.4 cm³/mol. The molecule has 0 saturated carbocycles. The Kier molecular flexibility index (Phi) is 4.61. The summed E-state index contributed by atoms with van der Waals surface area (Å²) in [5.41, 5.74) is 3.67. The van der Waals surface area contributed by atoms with Crippen LogP contribution in [0.5, 0.6) is 0 Å². The van der Waals surface area contributed by atoms with Crippen molar-refractivity contribution < 1.29 is 4.79 Å². The third-order valence-electron chi connectivity index (χ3n) is 3.33. The number of nitrogens with zero attached hydrogens (tertiary/aromatic N) is 1. The fourth-order valence-electron chi connectivity index (χ4n) is 2.15. The van der Waals surface area contributed by atoms with Gasteiger partial charge in [-0.3, -0.25) is 4.79 Å². The largest absolute Gasteiger partial charge is 0.350 e. The lowest BCUT2D eigenvalue weighted by atomic mass is 10.1. The summed E-state index contributed by atoms with van der Waals surface area (Å²) >= 11 is 0. The van der Waals surface area contributed by atoms with Crippen LogP contribution in [0.1, 0.15) is 30.7 Å². The van der Waals surface area contributed by atoms with Gasteiger partial charge in [0.25, 0.3) is 0 Å². The number of carbonyl (C=O) groups is 1. The van der Waals surface area contributed by atoms with Gasteiger partial charge < -0.3 is 9.88 Å². The van der Waals surface area contributed by atoms with Gasteiger partial charge in [-0.2, -0.15) is 0 Å². The molecule has 3 heteroatoms. The summed E-state index contributed by atoms with van der Waals surface area (Å²) in [5, 5.41) is 2.96. The standard InChI is InChI=1S/C17H22N2O/c1-13(2)17(20)18-11-16-8-5-9-19(16)12-15-7-4-6-14(3)10-15/h4-10,13H,11-12H2,1-3H3,(H,18,20). The van der Waals surface area contributed by atoms with Gasteiger partial charge in [0.05, 0.1) is 6.54 Å². The third kappa shape index (κ3) is 3.73. The van der Waals surface area contributed by atoms with E-state index in [1.165, 1.54) is 11.1 Å². The molecule has 1 heterocycles. The molecule has 1 amide bonds. The number of aromatic nitrogens is 1. The van der Waals surface area contributed by atoms with Crippen LogP contribution in [0.15, 0.2) is 42.6 Å². The zero-order valence-electron chi connectivity index (χ0n) is 12.4. The molecule has 1 aromatic carbocycles. The van der Waals surface area contributed by atoms with Gasteiger partial charge in [-0.15, -0.1) is 0 Å². The van der Waals surface area contributed by atoms with E-state index in [4.69, 9.17) is 0 Å². The first-order chi connectivity index (χ1) is 9.56. The van der Waals surface area contributed by atoms with Crippen molar-refractivity contribution in [1.82, 2.24) is 9.88 Å². The molecule has 0 unspecified atom stereocenters. The highest BCUT2D eigenvalue weighted by Crippen LogP contribution is 2.10. The maximum atomic E-state index is 11.6. The van der Waals surface area contributed by atoms with Gasteiger partial charge in [-0.1, -0.05) is 43.7 Å². The molecular weight excluding hydrogens is 248 g/mol. The van der Waals surface area contributed by atoms with Crippen LogP contribution in [-0.2, 0) is 17.9 Å². The van der Waals surface area contributed by atoms with Crippen LogP contribution in [0.2, 0.25) is 0 Å². The zero-order chi connectivity index (χ0) is 14.5. The second kappa shape index (κ2) is 6.42. The molecule has 2 aromatic rings. The molecule has 106 valence electrons. The Morgan fingerprint density at radius 3 is 2.75 bits per heavy atom. The van der Waals surface area contributed by atoms with Crippen molar-refractivity contribution in [3.63, 3.8) is 0 Å². The number of hydrogen-bond donors (Lipinski definition) is 1. The Bertz CT molecular complexity index is 584. The minimum atomic E-state index is 0.0233. The molecule has 2 rings (SSSR count). The molecule has 1 N–H and O–H groups in total. The number of rotatable bonds is 5. The number of nitrogens with one attached hydrogen (secondary N) is 1. The first kappa shape index (κ1) is 14.4. The molecule has 3 nitrogen and oxygen atoms in total. The summed E-state index contributed by atoms with van der Waals surface area (Å²) in [7, 11) is 0. The Labute approximate surface area is 120 Å². The van der Waals surface area contributed by atoms with Crippen LogP contribution in [0.3, 0.4) is 0 Å². The number of amides is 1. The topological polar surface area (TPSA) is 34.0 Å². The molecule has 0 aliphatic heterocycles. The first-order valence-corrected chi connectivity index (χ1v) is 7.03. The van der Waals surface area contributed by atoms with E-state index in [0.29, 0.717) is 6.54 Å². The van der Waals surface area contributed by atoms with E-state index in [1.807, 2.05) is 19.9 Å². The Hall–Kier alpha value is -2.03. The number of benzene rings is 1. The highest BCUT2D eigenvalue weighted by atomic mass is 16.1. The van der Waals surface area contributed by atoms with Gasteiger partial charge in [-0.25, -0.2) is 0 Å². The second-order valence-electron chi connectivity index (χ2n) is 5.49. The molecule has 0 saturated heterocycles. The molecule has 1 aromatic heterocycles. The van der Waals surface area contributed by atoms with Gasteiger partial charge in [0, 0.05) is 24.4 Å². The van der Waals surface area contributed by atoms with Crippen LogP contribution >= 0.6 is 0 Å². The lowest BCUT2D eigenvalue weighted by molar-refractivity contribution is -0.124. The van der Waals surface area contributed by atoms with E-state index in [9.17, 15) is 4.79 Å². The molecule has 0 fully saturated rings. The average Bonchev–Trinajstić information content (AvgIpc) is 2.83. The van der Waals surface area contributed by atoms with Crippen LogP contribution < -0.4 is 5.32 Å². The van der Waals surface area contributed by atoms with Gasteiger partial charge >= 0.3 is 0 Å². The summed E-state index contributed by atoms with van der Waals surface area (Å²) < 4.78 is 2.18. The maximum absolute atomic E-state index is 11.6. The van der Waals surface area contributed by atoms with Gasteiger partial charge in [-0.05, 0) is 24.6 Å². The van der Waals surface area contributed by atoms with E-state index in [1.54, 1.807) is 0 Å². The molecule has 0 spiro atoms. The fourth-order valence-corrected chi connectivity index (χ4v) is 2.15. The second-order valence-corrected chi connectivity index (χ2v) is 5.49. The third-order valence-corrected chi connectivity index (χ3v) is 3.33. The van der Waals surface area contributed by atoms with Crippen molar-refractivity contribution >= 4 is 5.91 Å². The minimum absolute atomic E-state index is 0.0233. The Morgan fingerprint density at radius 1 is 1.25 bits per heavy atom. The van der Waals surface area contributed by atoms with Gasteiger partial charge in [0.2, 0.25) is 5.91 Å². The van der Waals surface area contributed by atoms with Gasteiger partial charge in [0.1, 0.15) is 0 Å². The zero-order valence-corrected chi connectivity index (χ0v) is 12.4. The Morgan fingerprint density at radius 2 is 2.05 bits per heavy atom. The molecule has 0 bridgehead atoms. The molecular formula is C17H22N2O. The van der Waals surface area contributed by atoms with Crippen molar-refractivity contribution in [2.45, 2.75) is 33.9 Å². The summed E-state index contributed by atoms with van der Waals surface area (Å²) in [6.45, 7) is 7.32. The lowest BCUT2D eigenvalue weighted by Crippen LogP contribution is -2.28. The predicted octanol–water partition coefficient (Wildman–Crippen LogP) is 3.12. The maximum Gasteiger partial charge on any atom is 0.222 e. The fraction of sp³-hybridized carbons (Fsp3) is 0.353. The van der Waals surface area contributed by atoms with E-state index in [-0.39, 0.29) is 11.8 Å².